The van der Waals surface area contributed by atoms with Crippen LogP contribution in [0.15, 0.2) is 0 Å². The molecule has 0 radical (unpaired) electrons. The van der Waals surface area contributed by atoms with Gasteiger partial charge in [-0.2, -0.15) is 5.10 Å². The predicted molar refractivity (Wildman–Crippen MR) is 102 cm³/mol. The van der Waals surface area contributed by atoms with Crippen molar-refractivity contribution >= 4 is 17.6 Å². The second kappa shape index (κ2) is 7.80. The Kier molecular flexibility index (Phi) is 6.14. The van der Waals surface area contributed by atoms with Gasteiger partial charge in [0.1, 0.15) is 0 Å². The number of carbonyl (C=O) groups is 2. The van der Waals surface area contributed by atoms with Crippen molar-refractivity contribution in [3.05, 3.63) is 11.4 Å². The standard InChI is InChI=1S/C20H33N3O3/c1-12-17(13(2)23(7)22-12)21-18(24)14(3)26-19(25)15-8-10-16(11-9-15)20(4,5)6/h14-16H,8-11H2,1-7H3,(H,21,24)/t14-,15?,16?/m0/s1. The van der Waals surface area contributed by atoms with Gasteiger partial charge in [-0.05, 0) is 57.8 Å². The van der Waals surface area contributed by atoms with E-state index in [0.29, 0.717) is 11.6 Å². The Morgan fingerprint density at radius 3 is 2.23 bits per heavy atom. The van der Waals surface area contributed by atoms with Gasteiger partial charge in [0.25, 0.3) is 5.91 Å². The molecule has 0 spiro atoms. The van der Waals surface area contributed by atoms with Gasteiger partial charge < -0.3 is 10.1 Å². The maximum Gasteiger partial charge on any atom is 0.309 e. The number of amides is 1. The molecule has 0 saturated heterocycles. The molecule has 26 heavy (non-hydrogen) atoms. The van der Waals surface area contributed by atoms with Crippen LogP contribution in [-0.4, -0.2) is 27.8 Å². The van der Waals surface area contributed by atoms with Crippen molar-refractivity contribution in [3.8, 4) is 0 Å². The van der Waals surface area contributed by atoms with Crippen LogP contribution >= 0.6 is 0 Å². The van der Waals surface area contributed by atoms with Gasteiger partial charge in [-0.1, -0.05) is 20.8 Å². The van der Waals surface area contributed by atoms with Crippen LogP contribution < -0.4 is 5.32 Å². The van der Waals surface area contributed by atoms with Crippen LogP contribution in [0.25, 0.3) is 0 Å². The van der Waals surface area contributed by atoms with Gasteiger partial charge in [-0.3, -0.25) is 14.3 Å². The summed E-state index contributed by atoms with van der Waals surface area (Å²) in [5.74, 6) is -0.0184. The monoisotopic (exact) mass is 363 g/mol. The first-order chi connectivity index (χ1) is 12.0. The van der Waals surface area contributed by atoms with Gasteiger partial charge in [0, 0.05) is 7.05 Å². The van der Waals surface area contributed by atoms with E-state index in [1.807, 2.05) is 20.9 Å². The molecule has 0 bridgehead atoms. The molecule has 1 saturated carbocycles. The summed E-state index contributed by atoms with van der Waals surface area (Å²) in [6.45, 7) is 12.1. The number of hydrogen-bond donors (Lipinski definition) is 1. The lowest BCUT2D eigenvalue weighted by Crippen LogP contribution is -2.35. The van der Waals surface area contributed by atoms with Crippen LogP contribution in [0, 0.1) is 31.1 Å². The average molecular weight is 364 g/mol. The molecule has 6 heteroatoms. The quantitative estimate of drug-likeness (QED) is 0.827. The van der Waals surface area contributed by atoms with E-state index >= 15 is 0 Å². The number of aryl methyl sites for hydroxylation is 2. The van der Waals surface area contributed by atoms with Gasteiger partial charge >= 0.3 is 5.97 Å². The molecule has 1 N–H and O–H groups in total. The van der Waals surface area contributed by atoms with Crippen molar-refractivity contribution in [2.24, 2.45) is 24.3 Å². The minimum atomic E-state index is -0.818. The summed E-state index contributed by atoms with van der Waals surface area (Å²) in [6.07, 6.45) is 2.95. The summed E-state index contributed by atoms with van der Waals surface area (Å²) in [6, 6.07) is 0. The van der Waals surface area contributed by atoms with Crippen LogP contribution in [-0.2, 0) is 21.4 Å². The number of aromatic nitrogens is 2. The topological polar surface area (TPSA) is 73.2 Å². The van der Waals surface area contributed by atoms with Crippen molar-refractivity contribution in [1.82, 2.24) is 9.78 Å². The molecule has 1 atom stereocenters. The van der Waals surface area contributed by atoms with Crippen molar-refractivity contribution in [1.29, 1.82) is 0 Å². The highest BCUT2D eigenvalue weighted by Crippen LogP contribution is 2.40. The van der Waals surface area contributed by atoms with Crippen LogP contribution in [0.2, 0.25) is 0 Å². The van der Waals surface area contributed by atoms with E-state index in [4.69, 9.17) is 4.74 Å². The first-order valence-electron chi connectivity index (χ1n) is 9.52. The van der Waals surface area contributed by atoms with E-state index in [2.05, 4.69) is 31.2 Å². The third-order valence-corrected chi connectivity index (χ3v) is 5.70. The number of ether oxygens (including phenoxy) is 1. The van der Waals surface area contributed by atoms with E-state index in [9.17, 15) is 9.59 Å². The molecule has 1 aliphatic rings. The minimum absolute atomic E-state index is 0.0919. The second-order valence-corrected chi connectivity index (χ2v) is 8.65. The lowest BCUT2D eigenvalue weighted by Gasteiger charge is -2.36. The number of anilines is 1. The first-order valence-corrected chi connectivity index (χ1v) is 9.52. The number of hydrogen-bond acceptors (Lipinski definition) is 4. The number of nitrogens with one attached hydrogen (secondary N) is 1. The summed E-state index contributed by atoms with van der Waals surface area (Å²) in [5, 5.41) is 7.11. The van der Waals surface area contributed by atoms with E-state index in [1.54, 1.807) is 11.6 Å². The zero-order chi connectivity index (χ0) is 19.6. The maximum absolute atomic E-state index is 12.4. The molecule has 6 nitrogen and oxygen atoms in total. The molecule has 1 aromatic rings. The van der Waals surface area contributed by atoms with Crippen LogP contribution in [0.1, 0.15) is 64.8 Å². The van der Waals surface area contributed by atoms with Crippen LogP contribution in [0.4, 0.5) is 5.69 Å². The number of esters is 1. The highest BCUT2D eigenvalue weighted by molar-refractivity contribution is 5.96. The molecule has 1 aromatic heterocycles. The average Bonchev–Trinajstić information content (AvgIpc) is 2.80. The van der Waals surface area contributed by atoms with Gasteiger partial charge in [0.05, 0.1) is 23.0 Å². The number of nitrogens with zero attached hydrogens (tertiary/aromatic N) is 2. The Balaban J connectivity index is 1.88. The molecule has 1 fully saturated rings. The highest BCUT2D eigenvalue weighted by atomic mass is 16.5. The van der Waals surface area contributed by atoms with E-state index < -0.39 is 6.10 Å². The molecule has 1 aliphatic carbocycles. The Morgan fingerprint density at radius 1 is 1.19 bits per heavy atom. The largest absolute Gasteiger partial charge is 0.452 e. The van der Waals surface area contributed by atoms with Gasteiger partial charge in [-0.15, -0.1) is 0 Å². The fraction of sp³-hybridized carbons (Fsp3) is 0.750. The summed E-state index contributed by atoms with van der Waals surface area (Å²) < 4.78 is 7.17. The molecule has 1 amide bonds. The molecule has 1 heterocycles. The van der Waals surface area contributed by atoms with Gasteiger partial charge in [0.2, 0.25) is 0 Å². The normalized spacial score (nSPS) is 22.0. The first kappa shape index (κ1) is 20.5. The fourth-order valence-corrected chi connectivity index (χ4v) is 3.70. The Hall–Kier alpha value is -1.85. The van der Waals surface area contributed by atoms with E-state index in [0.717, 1.165) is 37.1 Å². The predicted octanol–water partition coefficient (Wildman–Crippen LogP) is 3.76. The van der Waals surface area contributed by atoms with Crippen LogP contribution in [0.3, 0.4) is 0 Å². The molecule has 0 aliphatic heterocycles. The van der Waals surface area contributed by atoms with Gasteiger partial charge in [0.15, 0.2) is 6.10 Å². The highest BCUT2D eigenvalue weighted by Gasteiger charge is 2.34. The molecular formula is C20H33N3O3. The fourth-order valence-electron chi connectivity index (χ4n) is 3.70. The van der Waals surface area contributed by atoms with Crippen molar-refractivity contribution < 1.29 is 14.3 Å². The Bertz CT molecular complexity index is 665. The summed E-state index contributed by atoms with van der Waals surface area (Å²) >= 11 is 0. The van der Waals surface area contributed by atoms with Crippen molar-refractivity contribution in [3.63, 3.8) is 0 Å². The maximum atomic E-state index is 12.4. The van der Waals surface area contributed by atoms with Gasteiger partial charge in [-0.25, -0.2) is 0 Å². The number of carbonyl (C=O) groups excluding carboxylic acids is 2. The second-order valence-electron chi connectivity index (χ2n) is 8.65. The smallest absolute Gasteiger partial charge is 0.309 e. The molecule has 146 valence electrons. The SMILES string of the molecule is Cc1nn(C)c(C)c1NC(=O)[C@H](C)OC(=O)C1CCC(C(C)(C)C)CC1. The Morgan fingerprint density at radius 2 is 1.77 bits per heavy atom. The lowest BCUT2D eigenvalue weighted by atomic mass is 9.70. The third kappa shape index (κ3) is 4.65. The third-order valence-electron chi connectivity index (χ3n) is 5.70. The number of rotatable bonds is 4. The molecule has 0 aromatic carbocycles. The van der Waals surface area contributed by atoms with Crippen molar-refractivity contribution in [2.75, 3.05) is 5.32 Å². The molecular weight excluding hydrogens is 330 g/mol. The molecule has 0 unspecified atom stereocenters. The summed E-state index contributed by atoms with van der Waals surface area (Å²) in [7, 11) is 1.83. The zero-order valence-electron chi connectivity index (χ0n) is 17.2. The Labute approximate surface area is 156 Å². The molecule has 2 rings (SSSR count). The van der Waals surface area contributed by atoms with E-state index in [-0.39, 0.29) is 23.2 Å². The van der Waals surface area contributed by atoms with Crippen LogP contribution in [0.5, 0.6) is 0 Å². The lowest BCUT2D eigenvalue weighted by molar-refractivity contribution is -0.158. The van der Waals surface area contributed by atoms with Crippen molar-refractivity contribution in [2.45, 2.75) is 73.3 Å². The minimum Gasteiger partial charge on any atom is -0.452 e. The summed E-state index contributed by atoms with van der Waals surface area (Å²) in [5.41, 5.74) is 2.58. The van der Waals surface area contributed by atoms with E-state index in [1.165, 1.54) is 0 Å². The zero-order valence-corrected chi connectivity index (χ0v) is 17.2. The summed E-state index contributed by atoms with van der Waals surface area (Å²) in [4.78, 5) is 24.8.